The second-order valence-electron chi connectivity index (χ2n) is 4.85. The summed E-state index contributed by atoms with van der Waals surface area (Å²) in [4.78, 5) is 10.7. The molecule has 2 aromatic rings. The number of hydrogen-bond acceptors (Lipinski definition) is 5. The summed E-state index contributed by atoms with van der Waals surface area (Å²) in [7, 11) is -3.24. The van der Waals surface area contributed by atoms with E-state index >= 15 is 0 Å². The summed E-state index contributed by atoms with van der Waals surface area (Å²) in [5.41, 5.74) is 1.31. The molecule has 22 heavy (non-hydrogen) atoms. The highest BCUT2D eigenvalue weighted by Gasteiger charge is 2.13. The molecule has 0 saturated carbocycles. The quantitative estimate of drug-likeness (QED) is 0.624. The van der Waals surface area contributed by atoms with Crippen LogP contribution in [0, 0.1) is 17.0 Å². The van der Waals surface area contributed by atoms with Crippen molar-refractivity contribution in [2.75, 3.05) is 6.26 Å². The van der Waals surface area contributed by atoms with Gasteiger partial charge in [-0.25, -0.2) is 8.42 Å². The summed E-state index contributed by atoms with van der Waals surface area (Å²) in [5.74, 6) is 0.498. The molecule has 0 amide bonds. The Morgan fingerprint density at radius 2 is 1.77 bits per heavy atom. The predicted octanol–water partition coefficient (Wildman–Crippen LogP) is 2.89. The molecule has 0 saturated heterocycles. The lowest BCUT2D eigenvalue weighted by Crippen LogP contribution is -2.01. The predicted molar refractivity (Wildman–Crippen MR) is 81.7 cm³/mol. The van der Waals surface area contributed by atoms with Crippen molar-refractivity contribution in [1.82, 2.24) is 0 Å². The number of benzene rings is 2. The van der Waals surface area contributed by atoms with Gasteiger partial charge in [-0.2, -0.15) is 0 Å². The van der Waals surface area contributed by atoms with Gasteiger partial charge in [0.2, 0.25) is 0 Å². The van der Waals surface area contributed by atoms with Crippen molar-refractivity contribution in [3.63, 3.8) is 0 Å². The molecule has 0 aliphatic carbocycles. The minimum Gasteiger partial charge on any atom is -0.489 e. The molecule has 0 unspecified atom stereocenters. The van der Waals surface area contributed by atoms with Crippen molar-refractivity contribution in [3.8, 4) is 5.75 Å². The van der Waals surface area contributed by atoms with Gasteiger partial charge in [-0.15, -0.1) is 0 Å². The molecule has 0 fully saturated rings. The zero-order chi connectivity index (χ0) is 16.3. The van der Waals surface area contributed by atoms with Crippen LogP contribution < -0.4 is 4.74 Å². The molecular formula is C15H15NO5S. The number of sulfone groups is 1. The Labute approximate surface area is 128 Å². The Kier molecular flexibility index (Phi) is 4.46. The molecule has 0 heterocycles. The first-order chi connectivity index (χ1) is 10.3. The summed E-state index contributed by atoms with van der Waals surface area (Å²) in [6, 6.07) is 10.9. The van der Waals surface area contributed by atoms with E-state index < -0.39 is 14.8 Å². The molecule has 0 aliphatic rings. The number of nitro benzene ring substituents is 1. The topological polar surface area (TPSA) is 86.5 Å². The van der Waals surface area contributed by atoms with Crippen molar-refractivity contribution >= 4 is 15.5 Å². The van der Waals surface area contributed by atoms with Crippen molar-refractivity contribution < 1.29 is 18.1 Å². The van der Waals surface area contributed by atoms with E-state index in [1.807, 2.05) is 0 Å². The van der Waals surface area contributed by atoms with Gasteiger partial charge >= 0.3 is 0 Å². The maximum atomic E-state index is 11.4. The van der Waals surface area contributed by atoms with E-state index in [-0.39, 0.29) is 17.2 Å². The normalized spacial score (nSPS) is 11.2. The lowest BCUT2D eigenvalue weighted by Gasteiger charge is -2.09. The second-order valence-corrected chi connectivity index (χ2v) is 6.87. The molecule has 0 radical (unpaired) electrons. The molecule has 2 rings (SSSR count). The third-order valence-electron chi connectivity index (χ3n) is 3.26. The van der Waals surface area contributed by atoms with E-state index in [1.54, 1.807) is 31.2 Å². The monoisotopic (exact) mass is 321 g/mol. The van der Waals surface area contributed by atoms with Crippen LogP contribution in [0.4, 0.5) is 5.69 Å². The van der Waals surface area contributed by atoms with Crippen LogP contribution in [0.3, 0.4) is 0 Å². The van der Waals surface area contributed by atoms with E-state index in [0.717, 1.165) is 6.26 Å². The molecule has 0 bridgehead atoms. The van der Waals surface area contributed by atoms with Crippen LogP contribution in [0.5, 0.6) is 5.75 Å². The highest BCUT2D eigenvalue weighted by molar-refractivity contribution is 7.90. The third-order valence-corrected chi connectivity index (χ3v) is 4.39. The minimum absolute atomic E-state index is 0.0496. The van der Waals surface area contributed by atoms with Gasteiger partial charge in [0.05, 0.1) is 9.82 Å². The number of rotatable bonds is 5. The van der Waals surface area contributed by atoms with Gasteiger partial charge in [0, 0.05) is 17.9 Å². The maximum Gasteiger partial charge on any atom is 0.272 e. The van der Waals surface area contributed by atoms with E-state index in [2.05, 4.69) is 0 Å². The summed E-state index contributed by atoms with van der Waals surface area (Å²) < 4.78 is 28.3. The first kappa shape index (κ1) is 16.0. The highest BCUT2D eigenvalue weighted by Crippen LogP contribution is 2.23. The van der Waals surface area contributed by atoms with Gasteiger partial charge in [0.1, 0.15) is 12.4 Å². The first-order valence-corrected chi connectivity index (χ1v) is 8.34. The Hall–Kier alpha value is -2.41. The van der Waals surface area contributed by atoms with Crippen LogP contribution in [-0.2, 0) is 16.4 Å². The SMILES string of the molecule is Cc1c(COc2ccc(S(C)(=O)=O)cc2)cccc1[N+](=O)[O-]. The smallest absolute Gasteiger partial charge is 0.272 e. The third kappa shape index (κ3) is 3.62. The molecule has 0 atom stereocenters. The van der Waals surface area contributed by atoms with E-state index in [4.69, 9.17) is 4.74 Å². The fraction of sp³-hybridized carbons (Fsp3) is 0.200. The summed E-state index contributed by atoms with van der Waals surface area (Å²) in [6.45, 7) is 1.84. The molecule has 0 aliphatic heterocycles. The highest BCUT2D eigenvalue weighted by atomic mass is 32.2. The fourth-order valence-corrected chi connectivity index (χ4v) is 2.60. The molecule has 0 N–H and O–H groups in total. The van der Waals surface area contributed by atoms with Gasteiger partial charge in [-0.3, -0.25) is 10.1 Å². The van der Waals surface area contributed by atoms with Crippen LogP contribution >= 0.6 is 0 Å². The average Bonchev–Trinajstić information content (AvgIpc) is 2.45. The van der Waals surface area contributed by atoms with Crippen LogP contribution in [-0.4, -0.2) is 19.6 Å². The molecule has 0 aromatic heterocycles. The first-order valence-electron chi connectivity index (χ1n) is 6.45. The Morgan fingerprint density at radius 1 is 1.14 bits per heavy atom. The van der Waals surface area contributed by atoms with E-state index in [1.165, 1.54) is 18.2 Å². The standard InChI is InChI=1S/C15H15NO5S/c1-11-12(4-3-5-15(11)16(17)18)10-21-13-6-8-14(9-7-13)22(2,19)20/h3-9H,10H2,1-2H3. The van der Waals surface area contributed by atoms with Crippen LogP contribution in [0.15, 0.2) is 47.4 Å². The number of hydrogen-bond donors (Lipinski definition) is 0. The van der Waals surface area contributed by atoms with Gasteiger partial charge in [-0.1, -0.05) is 12.1 Å². The molecule has 6 nitrogen and oxygen atoms in total. The van der Waals surface area contributed by atoms with E-state index in [0.29, 0.717) is 16.9 Å². The lowest BCUT2D eigenvalue weighted by molar-refractivity contribution is -0.385. The zero-order valence-corrected chi connectivity index (χ0v) is 13.0. The molecule has 116 valence electrons. The van der Waals surface area contributed by atoms with Crippen molar-refractivity contribution in [2.45, 2.75) is 18.4 Å². The summed E-state index contributed by atoms with van der Waals surface area (Å²) in [6.07, 6.45) is 1.13. The fourth-order valence-electron chi connectivity index (χ4n) is 1.97. The van der Waals surface area contributed by atoms with Crippen molar-refractivity contribution in [3.05, 3.63) is 63.7 Å². The number of nitro groups is 1. The molecule has 7 heteroatoms. The van der Waals surface area contributed by atoms with Crippen molar-refractivity contribution in [1.29, 1.82) is 0 Å². The summed E-state index contributed by atoms with van der Waals surface area (Å²) in [5, 5.41) is 10.9. The Balaban J connectivity index is 2.14. The summed E-state index contributed by atoms with van der Waals surface area (Å²) >= 11 is 0. The number of ether oxygens (including phenoxy) is 1. The molecular weight excluding hydrogens is 306 g/mol. The van der Waals surface area contributed by atoms with Crippen LogP contribution in [0.1, 0.15) is 11.1 Å². The van der Waals surface area contributed by atoms with Crippen LogP contribution in [0.25, 0.3) is 0 Å². The lowest BCUT2D eigenvalue weighted by atomic mass is 10.1. The average molecular weight is 321 g/mol. The van der Waals surface area contributed by atoms with Gasteiger partial charge in [0.25, 0.3) is 5.69 Å². The second kappa shape index (κ2) is 6.15. The maximum absolute atomic E-state index is 11.4. The van der Waals surface area contributed by atoms with Gasteiger partial charge < -0.3 is 4.74 Å². The number of nitrogens with zero attached hydrogens (tertiary/aromatic N) is 1. The Bertz CT molecular complexity index is 797. The van der Waals surface area contributed by atoms with Gasteiger partial charge in [0.15, 0.2) is 9.84 Å². The molecule has 2 aromatic carbocycles. The van der Waals surface area contributed by atoms with Crippen molar-refractivity contribution in [2.24, 2.45) is 0 Å². The van der Waals surface area contributed by atoms with E-state index in [9.17, 15) is 18.5 Å². The minimum atomic E-state index is -3.24. The zero-order valence-electron chi connectivity index (χ0n) is 12.1. The molecule has 0 spiro atoms. The van der Waals surface area contributed by atoms with Gasteiger partial charge in [-0.05, 0) is 36.8 Å². The largest absolute Gasteiger partial charge is 0.489 e. The Morgan fingerprint density at radius 3 is 2.32 bits per heavy atom. The van der Waals surface area contributed by atoms with Crippen LogP contribution in [0.2, 0.25) is 0 Å².